The Hall–Kier alpha value is -1.62. The van der Waals surface area contributed by atoms with E-state index in [1.54, 1.807) is 6.07 Å². The van der Waals surface area contributed by atoms with Crippen molar-refractivity contribution in [2.24, 2.45) is 5.92 Å². The van der Waals surface area contributed by atoms with E-state index in [-0.39, 0.29) is 5.82 Å². The fourth-order valence-corrected chi connectivity index (χ4v) is 2.89. The first-order valence-corrected chi connectivity index (χ1v) is 7.37. The molecule has 0 aliphatic carbocycles. The lowest BCUT2D eigenvalue weighted by atomic mass is 9.98. The molecular formula is C15H21FN4. The number of hydrogen-bond donors (Lipinski definition) is 2. The van der Waals surface area contributed by atoms with Gasteiger partial charge in [-0.3, -0.25) is 0 Å². The van der Waals surface area contributed by atoms with Crippen molar-refractivity contribution in [2.45, 2.75) is 19.8 Å². The molecule has 1 unspecified atom stereocenters. The van der Waals surface area contributed by atoms with Gasteiger partial charge < -0.3 is 15.2 Å². The number of aromatic nitrogens is 2. The van der Waals surface area contributed by atoms with Gasteiger partial charge in [0, 0.05) is 13.1 Å². The predicted molar refractivity (Wildman–Crippen MR) is 79.5 cm³/mol. The number of halogens is 1. The van der Waals surface area contributed by atoms with Crippen LogP contribution in [-0.2, 0) is 0 Å². The normalized spacial score (nSPS) is 19.7. The van der Waals surface area contributed by atoms with Crippen molar-refractivity contribution < 1.29 is 4.39 Å². The van der Waals surface area contributed by atoms with Gasteiger partial charge in [-0.05, 0) is 50.0 Å². The highest BCUT2D eigenvalue weighted by molar-refractivity contribution is 5.77. The Morgan fingerprint density at radius 2 is 2.40 bits per heavy atom. The zero-order chi connectivity index (χ0) is 13.9. The molecule has 0 bridgehead atoms. The molecule has 108 valence electrons. The van der Waals surface area contributed by atoms with Crippen molar-refractivity contribution in [1.29, 1.82) is 0 Å². The van der Waals surface area contributed by atoms with Crippen LogP contribution >= 0.6 is 0 Å². The molecule has 1 aliphatic heterocycles. The van der Waals surface area contributed by atoms with E-state index in [1.807, 2.05) is 0 Å². The molecule has 4 nitrogen and oxygen atoms in total. The van der Waals surface area contributed by atoms with E-state index in [0.717, 1.165) is 43.2 Å². The molecule has 1 fully saturated rings. The molecule has 0 spiro atoms. The van der Waals surface area contributed by atoms with Crippen molar-refractivity contribution in [3.63, 3.8) is 0 Å². The van der Waals surface area contributed by atoms with Gasteiger partial charge in [-0.25, -0.2) is 9.37 Å². The second kappa shape index (κ2) is 5.79. The molecule has 1 saturated heterocycles. The summed E-state index contributed by atoms with van der Waals surface area (Å²) in [7, 11) is 0. The molecule has 2 N–H and O–H groups in total. The number of imidazole rings is 1. The summed E-state index contributed by atoms with van der Waals surface area (Å²) in [6.45, 7) is 6.23. The lowest BCUT2D eigenvalue weighted by molar-refractivity contribution is 0.393. The minimum atomic E-state index is -0.226. The molecule has 1 aliphatic rings. The average Bonchev–Trinajstić information content (AvgIpc) is 2.88. The van der Waals surface area contributed by atoms with Crippen LogP contribution in [0.1, 0.15) is 19.8 Å². The lowest BCUT2D eigenvalue weighted by Crippen LogP contribution is -2.40. The van der Waals surface area contributed by atoms with Crippen LogP contribution in [-0.4, -0.2) is 36.1 Å². The monoisotopic (exact) mass is 276 g/mol. The number of H-pyrrole nitrogens is 1. The summed E-state index contributed by atoms with van der Waals surface area (Å²) in [4.78, 5) is 10.1. The molecule has 1 aromatic carbocycles. The summed E-state index contributed by atoms with van der Waals surface area (Å²) in [6.07, 6.45) is 2.44. The van der Waals surface area contributed by atoms with E-state index in [2.05, 4.69) is 27.1 Å². The molecule has 1 atom stereocenters. The van der Waals surface area contributed by atoms with Crippen molar-refractivity contribution in [3.8, 4) is 0 Å². The molecule has 2 aromatic rings. The first-order chi connectivity index (χ1) is 9.76. The Morgan fingerprint density at radius 1 is 1.50 bits per heavy atom. The van der Waals surface area contributed by atoms with Crippen molar-refractivity contribution >= 4 is 17.0 Å². The topological polar surface area (TPSA) is 44.0 Å². The maximum absolute atomic E-state index is 13.2. The number of hydrogen-bond acceptors (Lipinski definition) is 3. The molecule has 2 heterocycles. The summed E-state index contributed by atoms with van der Waals surface area (Å²) in [5, 5.41) is 3.42. The Morgan fingerprint density at radius 3 is 3.25 bits per heavy atom. The molecule has 20 heavy (non-hydrogen) atoms. The number of aromatic amines is 1. The van der Waals surface area contributed by atoms with Crippen molar-refractivity contribution in [1.82, 2.24) is 15.3 Å². The zero-order valence-electron chi connectivity index (χ0n) is 11.8. The molecule has 5 heteroatoms. The summed E-state index contributed by atoms with van der Waals surface area (Å²) in [5.74, 6) is 1.30. The second-order valence-corrected chi connectivity index (χ2v) is 5.48. The van der Waals surface area contributed by atoms with Crippen LogP contribution in [0.2, 0.25) is 0 Å². The smallest absolute Gasteiger partial charge is 0.203 e. The molecule has 0 radical (unpaired) electrons. The van der Waals surface area contributed by atoms with Crippen LogP contribution in [0.15, 0.2) is 18.2 Å². The third-order valence-corrected chi connectivity index (χ3v) is 3.93. The Kier molecular flexibility index (Phi) is 3.87. The quantitative estimate of drug-likeness (QED) is 0.902. The standard InChI is InChI=1S/C15H21FN4/c1-2-17-9-11-4-3-7-20(10-11)15-18-13-6-5-12(16)8-14(13)19-15/h5-6,8,11,17H,2-4,7,9-10H2,1H3,(H,18,19). The van der Waals surface area contributed by atoms with Crippen molar-refractivity contribution in [3.05, 3.63) is 24.0 Å². The number of nitrogens with zero attached hydrogens (tertiary/aromatic N) is 2. The highest BCUT2D eigenvalue weighted by atomic mass is 19.1. The second-order valence-electron chi connectivity index (χ2n) is 5.48. The van der Waals surface area contributed by atoms with E-state index in [1.165, 1.54) is 25.0 Å². The number of nitrogens with one attached hydrogen (secondary N) is 2. The number of benzene rings is 1. The first-order valence-electron chi connectivity index (χ1n) is 7.37. The number of rotatable bonds is 4. The molecule has 0 saturated carbocycles. The largest absolute Gasteiger partial charge is 0.342 e. The van der Waals surface area contributed by atoms with Gasteiger partial charge in [0.1, 0.15) is 5.82 Å². The van der Waals surface area contributed by atoms with Crippen LogP contribution in [0.4, 0.5) is 10.3 Å². The highest BCUT2D eigenvalue weighted by Crippen LogP contribution is 2.23. The molecular weight excluding hydrogens is 255 g/mol. The number of fused-ring (bicyclic) bond motifs is 1. The van der Waals surface area contributed by atoms with E-state index >= 15 is 0 Å². The molecule has 1 aromatic heterocycles. The number of piperidine rings is 1. The number of anilines is 1. The van der Waals surface area contributed by atoms with E-state index in [0.29, 0.717) is 5.92 Å². The van der Waals surface area contributed by atoms with E-state index in [9.17, 15) is 4.39 Å². The van der Waals surface area contributed by atoms with Crippen LogP contribution in [0.3, 0.4) is 0 Å². The van der Waals surface area contributed by atoms with Crippen molar-refractivity contribution in [2.75, 3.05) is 31.1 Å². The lowest BCUT2D eigenvalue weighted by Gasteiger charge is -2.32. The van der Waals surface area contributed by atoms with Gasteiger partial charge in [-0.1, -0.05) is 6.92 Å². The van der Waals surface area contributed by atoms with Crippen LogP contribution in [0.25, 0.3) is 11.0 Å². The zero-order valence-corrected chi connectivity index (χ0v) is 11.8. The van der Waals surface area contributed by atoms with Gasteiger partial charge in [0.15, 0.2) is 0 Å². The van der Waals surface area contributed by atoms with E-state index < -0.39 is 0 Å². The van der Waals surface area contributed by atoms with Gasteiger partial charge in [0.2, 0.25) is 5.95 Å². The predicted octanol–water partition coefficient (Wildman–Crippen LogP) is 2.53. The van der Waals surface area contributed by atoms with Crippen LogP contribution < -0.4 is 10.2 Å². The minimum Gasteiger partial charge on any atom is -0.342 e. The van der Waals surface area contributed by atoms with Gasteiger partial charge in [0.25, 0.3) is 0 Å². The minimum absolute atomic E-state index is 0.226. The SMILES string of the molecule is CCNCC1CCCN(c2nc3ccc(F)cc3[nH]2)C1. The molecule has 3 rings (SSSR count). The maximum atomic E-state index is 13.2. The first kappa shape index (κ1) is 13.4. The average molecular weight is 276 g/mol. The van der Waals surface area contributed by atoms with Gasteiger partial charge in [0.05, 0.1) is 11.0 Å². The fourth-order valence-electron chi connectivity index (χ4n) is 2.89. The van der Waals surface area contributed by atoms with Crippen LogP contribution in [0.5, 0.6) is 0 Å². The Bertz CT molecular complexity index is 580. The Labute approximate surface area is 118 Å². The summed E-state index contributed by atoms with van der Waals surface area (Å²) >= 11 is 0. The third-order valence-electron chi connectivity index (χ3n) is 3.93. The molecule has 0 amide bonds. The van der Waals surface area contributed by atoms with E-state index in [4.69, 9.17) is 0 Å². The summed E-state index contributed by atoms with van der Waals surface area (Å²) in [5.41, 5.74) is 1.60. The third kappa shape index (κ3) is 2.77. The summed E-state index contributed by atoms with van der Waals surface area (Å²) in [6, 6.07) is 4.69. The maximum Gasteiger partial charge on any atom is 0.203 e. The summed E-state index contributed by atoms with van der Waals surface area (Å²) < 4.78 is 13.2. The van der Waals surface area contributed by atoms with Gasteiger partial charge in [-0.2, -0.15) is 0 Å². The van der Waals surface area contributed by atoms with Gasteiger partial charge in [-0.15, -0.1) is 0 Å². The van der Waals surface area contributed by atoms with Gasteiger partial charge >= 0.3 is 0 Å². The van der Waals surface area contributed by atoms with Crippen LogP contribution in [0, 0.1) is 11.7 Å². The fraction of sp³-hybridized carbons (Fsp3) is 0.533. The highest BCUT2D eigenvalue weighted by Gasteiger charge is 2.21. The Balaban J connectivity index is 1.76.